The molecule has 1 nitrogen and oxygen atoms in total. The maximum atomic E-state index is 11.1. The van der Waals surface area contributed by atoms with Crippen molar-refractivity contribution >= 4 is 13.7 Å². The summed E-state index contributed by atoms with van der Waals surface area (Å²) in [4.78, 5) is 11.1. The van der Waals surface area contributed by atoms with Crippen LogP contribution < -0.4 is 0 Å². The molecule has 0 heterocycles. The van der Waals surface area contributed by atoms with Gasteiger partial charge in [0, 0.05) is 13.7 Å². The Morgan fingerprint density at radius 1 is 1.07 bits per heavy atom. The molecule has 0 aromatic heterocycles. The van der Waals surface area contributed by atoms with Crippen LogP contribution in [0.1, 0.15) is 41.5 Å². The summed E-state index contributed by atoms with van der Waals surface area (Å²) in [5.74, 6) is 0.0961. The van der Waals surface area contributed by atoms with Crippen LogP contribution in [0.3, 0.4) is 0 Å². The number of ketones is 1. The van der Waals surface area contributed by atoms with Gasteiger partial charge >= 0.3 is 16.5 Å². The van der Waals surface area contributed by atoms with Crippen LogP contribution in [0, 0.1) is 14.4 Å². The molecular weight excluding hydrogens is 250 g/mol. The predicted molar refractivity (Wildman–Crippen MR) is 69.5 cm³/mol. The van der Waals surface area contributed by atoms with Crippen LogP contribution in [-0.2, 0) is 21.3 Å². The Bertz CT molecular complexity index is 175. The molecule has 3 heteroatoms. The minimum absolute atomic E-state index is 0. The monoisotopic (exact) mass is 275 g/mol. The predicted octanol–water partition coefficient (Wildman–Crippen LogP) is 3.65. The van der Waals surface area contributed by atoms with Gasteiger partial charge in [0.15, 0.2) is 0 Å². The van der Waals surface area contributed by atoms with Gasteiger partial charge in [-0.25, -0.2) is 0 Å². The molecule has 0 radical (unpaired) electrons. The Hall–Kier alpha value is 0.464. The van der Waals surface area contributed by atoms with E-state index >= 15 is 0 Å². The Morgan fingerprint density at radius 2 is 1.33 bits per heavy atom. The van der Waals surface area contributed by atoms with E-state index in [4.69, 9.17) is 0 Å². The van der Waals surface area contributed by atoms with Crippen LogP contribution in [0.15, 0.2) is 0 Å². The van der Waals surface area contributed by atoms with E-state index in [2.05, 4.69) is 48.5 Å². The van der Waals surface area contributed by atoms with Gasteiger partial charge in [-0.1, -0.05) is 0 Å². The van der Waals surface area contributed by atoms with Crippen molar-refractivity contribution in [2.75, 3.05) is 6.16 Å². The Labute approximate surface area is 107 Å². The maximum Gasteiger partial charge on any atom is 2.00 e. The van der Waals surface area contributed by atoms with Gasteiger partial charge in [-0.3, -0.25) is 0 Å². The van der Waals surface area contributed by atoms with Crippen molar-refractivity contribution in [1.29, 1.82) is 0 Å². The summed E-state index contributed by atoms with van der Waals surface area (Å²) in [6.07, 6.45) is 0.692. The van der Waals surface area contributed by atoms with Crippen molar-refractivity contribution in [2.45, 2.75) is 51.9 Å². The normalized spacial score (nSPS) is 11.7. The fraction of sp³-hybridized carbons (Fsp3) is 0.750. The number of rotatable bonds is 2. The molecule has 0 N–H and O–H groups in total. The summed E-state index contributed by atoms with van der Waals surface area (Å²) in [6.45, 7) is 16.9. The molecule has 0 fully saturated rings. The zero-order valence-corrected chi connectivity index (χ0v) is 13.1. The molecular formula is C12H26NiOP+. The molecule has 94 valence electrons. The summed E-state index contributed by atoms with van der Waals surface area (Å²) in [7, 11) is -0.687. The molecule has 0 rings (SSSR count). The molecule has 0 aliphatic rings. The second kappa shape index (κ2) is 6.92. The third-order valence-corrected chi connectivity index (χ3v) is 6.55. The van der Waals surface area contributed by atoms with Gasteiger partial charge in [0.2, 0.25) is 0 Å². The van der Waals surface area contributed by atoms with Crippen molar-refractivity contribution in [3.63, 3.8) is 0 Å². The number of hydrogen-bond donors (Lipinski definition) is 0. The zero-order valence-electron chi connectivity index (χ0n) is 11.1. The van der Waals surface area contributed by atoms with Gasteiger partial charge in [0.05, 0.1) is 16.5 Å². The van der Waals surface area contributed by atoms with E-state index in [1.165, 1.54) is 0 Å². The van der Waals surface area contributed by atoms with Gasteiger partial charge < -0.3 is 19.1 Å². The van der Waals surface area contributed by atoms with E-state index in [0.717, 1.165) is 0 Å². The molecule has 0 unspecified atom stereocenters. The van der Waals surface area contributed by atoms with E-state index in [0.29, 0.717) is 6.16 Å². The summed E-state index contributed by atoms with van der Waals surface area (Å²) in [5, 5.41) is 0.548. The van der Waals surface area contributed by atoms with Crippen molar-refractivity contribution in [3.05, 3.63) is 14.4 Å². The second-order valence-electron chi connectivity index (χ2n) is 5.69. The van der Waals surface area contributed by atoms with Crippen LogP contribution in [-0.4, -0.2) is 22.3 Å². The van der Waals surface area contributed by atoms with Crippen LogP contribution >= 0.6 is 7.92 Å². The summed E-state index contributed by atoms with van der Waals surface area (Å²) < 4.78 is 0. The van der Waals surface area contributed by atoms with Crippen molar-refractivity contribution in [2.24, 2.45) is 0 Å². The van der Waals surface area contributed by atoms with E-state index in [9.17, 15) is 4.79 Å². The first-order valence-electron chi connectivity index (χ1n) is 4.76. The minimum atomic E-state index is -0.687. The van der Waals surface area contributed by atoms with Crippen LogP contribution in [0.25, 0.3) is 0 Å². The second-order valence-corrected chi connectivity index (χ2v) is 10.0. The largest absolute Gasteiger partial charge is 2.00 e. The molecule has 0 atom stereocenters. The number of Topliss-reactive ketones (excluding diaryl/α,β-unsaturated/α-hetero) is 1. The molecule has 0 saturated heterocycles. The third-order valence-electron chi connectivity index (χ3n) is 2.18. The van der Waals surface area contributed by atoms with Gasteiger partial charge in [-0.15, -0.1) is 0 Å². The first-order valence-corrected chi connectivity index (χ1v) is 6.47. The standard InChI is InChI=1S/C11H22OP.CH3.Ni/c1-9(12)8-13(10(2,3)4)11(5,6)7;;/h1,8H2,2-7H3;1H3;/q2*-1;+2/p+1. The minimum Gasteiger partial charge on any atom is -0.358 e. The van der Waals surface area contributed by atoms with Crippen LogP contribution in [0.4, 0.5) is 0 Å². The van der Waals surface area contributed by atoms with Crippen molar-refractivity contribution < 1.29 is 21.3 Å². The van der Waals surface area contributed by atoms with E-state index in [-0.39, 0.29) is 40.0 Å². The fourth-order valence-corrected chi connectivity index (χ4v) is 5.56. The molecule has 0 aliphatic heterocycles. The molecule has 0 aromatic rings. The SMILES string of the molecule is [CH2-]C(=O)C[PH+](C(C)(C)C)C(C)(C)C.[CH3-].[Ni+2]. The zero-order chi connectivity index (χ0) is 10.9. The smallest absolute Gasteiger partial charge is 0.358 e. The van der Waals surface area contributed by atoms with Crippen LogP contribution in [0.5, 0.6) is 0 Å². The van der Waals surface area contributed by atoms with Crippen molar-refractivity contribution in [3.8, 4) is 0 Å². The molecule has 0 aromatic carbocycles. The van der Waals surface area contributed by atoms with E-state index in [1.54, 1.807) is 0 Å². The molecule has 0 bridgehead atoms. The average molecular weight is 276 g/mol. The fourth-order valence-electron chi connectivity index (χ4n) is 1.85. The topological polar surface area (TPSA) is 17.1 Å². The Morgan fingerprint density at radius 3 is 1.40 bits per heavy atom. The number of hydrogen-bond acceptors (Lipinski definition) is 1. The van der Waals surface area contributed by atoms with Gasteiger partial charge in [0.1, 0.15) is 0 Å². The van der Waals surface area contributed by atoms with E-state index < -0.39 is 7.92 Å². The number of carbonyl (C=O) groups is 1. The average Bonchev–Trinajstić information content (AvgIpc) is 1.77. The maximum absolute atomic E-state index is 11.1. The first kappa shape index (κ1) is 20.8. The quantitative estimate of drug-likeness (QED) is 0.427. The first-order chi connectivity index (χ1) is 5.55. The summed E-state index contributed by atoms with van der Waals surface area (Å²) in [5.41, 5.74) is 0. The van der Waals surface area contributed by atoms with Crippen LogP contribution in [0.2, 0.25) is 0 Å². The molecule has 0 amide bonds. The third kappa shape index (κ3) is 8.29. The van der Waals surface area contributed by atoms with E-state index in [1.807, 2.05) is 0 Å². The van der Waals surface area contributed by atoms with Crippen molar-refractivity contribution in [1.82, 2.24) is 0 Å². The van der Waals surface area contributed by atoms with Gasteiger partial charge in [-0.05, 0) is 41.5 Å². The summed E-state index contributed by atoms with van der Waals surface area (Å²) in [6, 6.07) is 0. The van der Waals surface area contributed by atoms with Gasteiger partial charge in [0.25, 0.3) is 0 Å². The molecule has 0 spiro atoms. The molecule has 0 aliphatic carbocycles. The summed E-state index contributed by atoms with van der Waals surface area (Å²) >= 11 is 0. The number of carbonyl (C=O) groups excluding carboxylic acids is 1. The van der Waals surface area contributed by atoms with Gasteiger partial charge in [-0.2, -0.15) is 0 Å². The molecule has 15 heavy (non-hydrogen) atoms. The Kier molecular flexibility index (Phi) is 9.61. The molecule has 0 saturated carbocycles. The Balaban J connectivity index is -0.000000720.